The third-order valence-corrected chi connectivity index (χ3v) is 8.35. The second-order valence-electron chi connectivity index (χ2n) is 11.7. The van der Waals surface area contributed by atoms with Crippen LogP contribution in [0.15, 0.2) is 85.2 Å². The van der Waals surface area contributed by atoms with Crippen molar-refractivity contribution in [1.82, 2.24) is 25.0 Å². The molecule has 1 aliphatic rings. The van der Waals surface area contributed by atoms with Gasteiger partial charge in [-0.15, -0.1) is 0 Å². The van der Waals surface area contributed by atoms with Crippen LogP contribution in [0.5, 0.6) is 11.6 Å². The van der Waals surface area contributed by atoms with Gasteiger partial charge in [0.1, 0.15) is 28.5 Å². The number of ether oxygens (including phenoxy) is 1. The maximum atomic E-state index is 14.3. The van der Waals surface area contributed by atoms with Gasteiger partial charge in [-0.25, -0.2) is 14.4 Å². The summed E-state index contributed by atoms with van der Waals surface area (Å²) in [5.74, 6) is -0.848. The van der Waals surface area contributed by atoms with Crippen molar-refractivity contribution in [2.45, 2.75) is 57.5 Å². The fourth-order valence-corrected chi connectivity index (χ4v) is 5.83. The molecule has 0 radical (unpaired) electrons. The van der Waals surface area contributed by atoms with Crippen LogP contribution in [0.2, 0.25) is 0 Å². The van der Waals surface area contributed by atoms with E-state index in [4.69, 9.17) is 9.84 Å². The van der Waals surface area contributed by atoms with Crippen molar-refractivity contribution in [2.24, 2.45) is 0 Å². The molecule has 0 aliphatic heterocycles. The standard InChI is InChI=1S/C36H36FN5O4/c1-23-5-2-9-33-41-32(22-42(23)33)35(45)40-29-16-14-28(15-17-29)39-34(44)31-20-27(37)21-38-36(31)46-30-8-3-7-26(19-30)25-12-10-24(11-13-25)6-4-18-43/h2-3,5,7-13,19-22,28-29,43H,4,6,14-18H2,1H3,(H,39,44)(H,40,45)/t28-,29-. The van der Waals surface area contributed by atoms with Crippen LogP contribution in [-0.2, 0) is 6.42 Å². The number of aliphatic hydroxyl groups excluding tert-OH is 1. The number of pyridine rings is 2. The molecule has 1 saturated carbocycles. The van der Waals surface area contributed by atoms with Gasteiger partial charge >= 0.3 is 0 Å². The average Bonchev–Trinajstić information content (AvgIpc) is 3.52. The van der Waals surface area contributed by atoms with Gasteiger partial charge in [0.25, 0.3) is 11.8 Å². The Hall–Kier alpha value is -5.09. The van der Waals surface area contributed by atoms with Crippen LogP contribution in [0.4, 0.5) is 4.39 Å². The van der Waals surface area contributed by atoms with E-state index in [0.29, 0.717) is 43.5 Å². The molecule has 0 atom stereocenters. The Bertz CT molecular complexity index is 1850. The first-order valence-electron chi connectivity index (χ1n) is 15.6. The molecule has 0 spiro atoms. The van der Waals surface area contributed by atoms with Crippen LogP contribution >= 0.6 is 0 Å². The zero-order chi connectivity index (χ0) is 32.0. The molecule has 1 fully saturated rings. The summed E-state index contributed by atoms with van der Waals surface area (Å²) >= 11 is 0. The van der Waals surface area contributed by atoms with Crippen LogP contribution in [0.25, 0.3) is 16.8 Å². The van der Waals surface area contributed by atoms with Gasteiger partial charge in [0.2, 0.25) is 5.88 Å². The maximum Gasteiger partial charge on any atom is 0.271 e. The van der Waals surface area contributed by atoms with Crippen molar-refractivity contribution in [2.75, 3.05) is 6.61 Å². The molecule has 46 heavy (non-hydrogen) atoms. The Labute approximate surface area is 266 Å². The molecule has 9 nitrogen and oxygen atoms in total. The summed E-state index contributed by atoms with van der Waals surface area (Å²) in [5, 5.41) is 15.2. The van der Waals surface area contributed by atoms with E-state index in [0.717, 1.165) is 46.7 Å². The second-order valence-corrected chi connectivity index (χ2v) is 11.7. The number of amides is 2. The van der Waals surface area contributed by atoms with Crippen molar-refractivity contribution >= 4 is 17.5 Å². The number of fused-ring (bicyclic) bond motifs is 1. The number of aromatic nitrogens is 3. The minimum Gasteiger partial charge on any atom is -0.438 e. The van der Waals surface area contributed by atoms with Crippen molar-refractivity contribution in [3.05, 3.63) is 114 Å². The van der Waals surface area contributed by atoms with Crippen molar-refractivity contribution < 1.29 is 23.8 Å². The minimum absolute atomic E-state index is 0.0104. The predicted molar refractivity (Wildman–Crippen MR) is 172 cm³/mol. The smallest absolute Gasteiger partial charge is 0.271 e. The van der Waals surface area contributed by atoms with Gasteiger partial charge in [0, 0.05) is 30.6 Å². The number of aryl methyl sites for hydroxylation is 2. The molecule has 3 N–H and O–H groups in total. The third-order valence-electron chi connectivity index (χ3n) is 8.35. The Kier molecular flexibility index (Phi) is 9.35. The normalized spacial score (nSPS) is 16.2. The lowest BCUT2D eigenvalue weighted by atomic mass is 9.91. The van der Waals surface area contributed by atoms with Gasteiger partial charge < -0.3 is 24.9 Å². The quantitative estimate of drug-likeness (QED) is 0.175. The molecule has 0 saturated heterocycles. The van der Waals surface area contributed by atoms with Crippen LogP contribution in [0.1, 0.15) is 64.2 Å². The summed E-state index contributed by atoms with van der Waals surface area (Å²) in [6, 6.07) is 22.2. The first-order chi connectivity index (χ1) is 22.4. The zero-order valence-corrected chi connectivity index (χ0v) is 25.6. The van der Waals surface area contributed by atoms with E-state index >= 15 is 0 Å². The highest BCUT2D eigenvalue weighted by molar-refractivity contribution is 5.96. The zero-order valence-electron chi connectivity index (χ0n) is 25.6. The molecule has 0 unspecified atom stereocenters. The number of nitrogens with zero attached hydrogens (tertiary/aromatic N) is 3. The highest BCUT2D eigenvalue weighted by Crippen LogP contribution is 2.29. The SMILES string of the molecule is Cc1cccc2nc(C(=O)N[C@H]3CC[C@H](NC(=O)c4cc(F)cnc4Oc4cccc(-c5ccc(CCCO)cc5)c4)CC3)cn12. The molecule has 6 rings (SSSR count). The Morgan fingerprint density at radius 3 is 2.37 bits per heavy atom. The van der Waals surface area contributed by atoms with E-state index in [1.807, 2.05) is 72.0 Å². The highest BCUT2D eigenvalue weighted by atomic mass is 19.1. The van der Waals surface area contributed by atoms with Crippen LogP contribution in [0, 0.1) is 12.7 Å². The van der Waals surface area contributed by atoms with E-state index < -0.39 is 11.7 Å². The number of imidazole rings is 1. The molecule has 3 aromatic heterocycles. The lowest BCUT2D eigenvalue weighted by molar-refractivity contribution is 0.0888. The molecule has 5 aromatic rings. The van der Waals surface area contributed by atoms with Crippen LogP contribution in [0.3, 0.4) is 0 Å². The lowest BCUT2D eigenvalue weighted by Crippen LogP contribution is -2.44. The maximum absolute atomic E-state index is 14.3. The fraction of sp³-hybridized carbons (Fsp3) is 0.278. The number of carbonyl (C=O) groups excluding carboxylic acids is 2. The van der Waals surface area contributed by atoms with Gasteiger partial charge in [-0.3, -0.25) is 9.59 Å². The molecule has 236 valence electrons. The number of hydrogen-bond acceptors (Lipinski definition) is 6. The molecular weight excluding hydrogens is 585 g/mol. The van der Waals surface area contributed by atoms with Crippen LogP contribution < -0.4 is 15.4 Å². The summed E-state index contributed by atoms with van der Waals surface area (Å²) in [7, 11) is 0. The van der Waals surface area contributed by atoms with E-state index in [1.165, 1.54) is 0 Å². The van der Waals surface area contributed by atoms with E-state index in [2.05, 4.69) is 20.6 Å². The van der Waals surface area contributed by atoms with E-state index in [-0.39, 0.29) is 36.0 Å². The van der Waals surface area contributed by atoms with Crippen molar-refractivity contribution in [3.8, 4) is 22.8 Å². The average molecular weight is 622 g/mol. The third kappa shape index (κ3) is 7.24. The van der Waals surface area contributed by atoms with Crippen LogP contribution in [-0.4, -0.2) is 50.0 Å². The molecule has 1 aliphatic carbocycles. The summed E-state index contributed by atoms with van der Waals surface area (Å²) in [4.78, 5) is 34.8. The number of hydrogen-bond donors (Lipinski definition) is 3. The largest absolute Gasteiger partial charge is 0.438 e. The summed E-state index contributed by atoms with van der Waals surface area (Å²) in [5.41, 5.74) is 5.15. The summed E-state index contributed by atoms with van der Waals surface area (Å²) in [6.45, 7) is 2.12. The minimum atomic E-state index is -0.638. The first-order valence-corrected chi connectivity index (χ1v) is 15.6. The second kappa shape index (κ2) is 13.9. The highest BCUT2D eigenvalue weighted by Gasteiger charge is 2.26. The molecule has 2 amide bonds. The molecular formula is C36H36FN5O4. The molecule has 0 bridgehead atoms. The monoisotopic (exact) mass is 621 g/mol. The molecule has 10 heteroatoms. The Morgan fingerprint density at radius 1 is 0.935 bits per heavy atom. The fourth-order valence-electron chi connectivity index (χ4n) is 5.83. The molecule has 2 aromatic carbocycles. The topological polar surface area (TPSA) is 118 Å². The Morgan fingerprint density at radius 2 is 1.65 bits per heavy atom. The number of halogens is 1. The number of carbonyl (C=O) groups is 2. The predicted octanol–water partition coefficient (Wildman–Crippen LogP) is 6.03. The van der Waals surface area contributed by atoms with Gasteiger partial charge in [0.15, 0.2) is 0 Å². The number of aliphatic hydroxyl groups is 1. The summed E-state index contributed by atoms with van der Waals surface area (Å²) in [6.07, 6.45) is 6.97. The Balaban J connectivity index is 1.06. The first kappa shape index (κ1) is 30.9. The van der Waals surface area contributed by atoms with Gasteiger partial charge in [-0.2, -0.15) is 0 Å². The summed E-state index contributed by atoms with van der Waals surface area (Å²) < 4.78 is 22.2. The number of nitrogens with one attached hydrogen (secondary N) is 2. The number of benzene rings is 2. The van der Waals surface area contributed by atoms with Crippen molar-refractivity contribution in [3.63, 3.8) is 0 Å². The van der Waals surface area contributed by atoms with Crippen molar-refractivity contribution in [1.29, 1.82) is 0 Å². The van der Waals surface area contributed by atoms with Gasteiger partial charge in [-0.05, 0) is 92.5 Å². The van der Waals surface area contributed by atoms with E-state index in [1.54, 1.807) is 12.3 Å². The number of rotatable bonds is 10. The lowest BCUT2D eigenvalue weighted by Gasteiger charge is -2.29. The van der Waals surface area contributed by atoms with E-state index in [9.17, 15) is 14.0 Å². The van der Waals surface area contributed by atoms with Gasteiger partial charge in [0.05, 0.1) is 6.20 Å². The molecule has 3 heterocycles. The van der Waals surface area contributed by atoms with Gasteiger partial charge in [-0.1, -0.05) is 42.5 Å².